The maximum atomic E-state index is 11.1. The van der Waals surface area contributed by atoms with Crippen LogP contribution in [0.2, 0.25) is 0 Å². The molecular formula is C14H13N5O2. The van der Waals surface area contributed by atoms with Gasteiger partial charge < -0.3 is 10.6 Å². The maximum Gasteiger partial charge on any atom is 0.311 e. The van der Waals surface area contributed by atoms with Gasteiger partial charge in [0.25, 0.3) is 0 Å². The van der Waals surface area contributed by atoms with Gasteiger partial charge in [0.05, 0.1) is 16.6 Å². The van der Waals surface area contributed by atoms with Crippen LogP contribution in [0.15, 0.2) is 36.4 Å². The molecule has 0 spiro atoms. The van der Waals surface area contributed by atoms with Crippen LogP contribution in [0.25, 0.3) is 0 Å². The molecule has 1 aromatic carbocycles. The topological polar surface area (TPSA) is 104 Å². The van der Waals surface area contributed by atoms with Gasteiger partial charge in [0, 0.05) is 18.3 Å². The van der Waals surface area contributed by atoms with Crippen molar-refractivity contribution in [2.24, 2.45) is 0 Å². The van der Waals surface area contributed by atoms with Gasteiger partial charge in [0.2, 0.25) is 5.82 Å². The van der Waals surface area contributed by atoms with E-state index in [1.807, 2.05) is 13.0 Å². The second kappa shape index (κ2) is 6.34. The standard InChI is InChI=1S/C14H13N5O2/c1-2-16-13-7-6-12(19(20)21)14(18-13)17-11-5-3-4-10(8-11)9-15/h3-8H,2H2,1H3,(H2,16,17,18). The first kappa shape index (κ1) is 14.3. The Morgan fingerprint density at radius 2 is 2.19 bits per heavy atom. The Hall–Kier alpha value is -3.14. The Morgan fingerprint density at radius 1 is 1.38 bits per heavy atom. The number of pyridine rings is 1. The van der Waals surface area contributed by atoms with Gasteiger partial charge in [-0.3, -0.25) is 10.1 Å². The fourth-order valence-corrected chi connectivity index (χ4v) is 1.77. The minimum atomic E-state index is -0.501. The number of hydrogen-bond donors (Lipinski definition) is 2. The third kappa shape index (κ3) is 3.45. The van der Waals surface area contributed by atoms with Gasteiger partial charge in [-0.1, -0.05) is 6.07 Å². The molecule has 0 saturated heterocycles. The second-order valence-corrected chi connectivity index (χ2v) is 4.17. The number of hydrogen-bond acceptors (Lipinski definition) is 6. The summed E-state index contributed by atoms with van der Waals surface area (Å²) < 4.78 is 0. The van der Waals surface area contributed by atoms with Crippen molar-refractivity contribution in [1.82, 2.24) is 4.98 Å². The second-order valence-electron chi connectivity index (χ2n) is 4.17. The highest BCUT2D eigenvalue weighted by molar-refractivity contribution is 5.68. The van der Waals surface area contributed by atoms with Crippen molar-refractivity contribution < 1.29 is 4.92 Å². The predicted molar refractivity (Wildman–Crippen MR) is 79.5 cm³/mol. The van der Waals surface area contributed by atoms with E-state index >= 15 is 0 Å². The van der Waals surface area contributed by atoms with Crippen LogP contribution in [-0.2, 0) is 0 Å². The molecule has 1 heterocycles. The summed E-state index contributed by atoms with van der Waals surface area (Å²) in [4.78, 5) is 14.7. The van der Waals surface area contributed by atoms with Crippen molar-refractivity contribution in [1.29, 1.82) is 5.26 Å². The molecule has 0 fully saturated rings. The van der Waals surface area contributed by atoms with E-state index in [4.69, 9.17) is 5.26 Å². The molecule has 0 radical (unpaired) electrons. The van der Waals surface area contributed by atoms with Gasteiger partial charge in [-0.25, -0.2) is 4.98 Å². The lowest BCUT2D eigenvalue weighted by atomic mass is 10.2. The molecule has 2 N–H and O–H groups in total. The van der Waals surface area contributed by atoms with Crippen LogP contribution in [-0.4, -0.2) is 16.5 Å². The molecule has 7 heteroatoms. The third-order valence-corrected chi connectivity index (χ3v) is 2.68. The monoisotopic (exact) mass is 283 g/mol. The SMILES string of the molecule is CCNc1ccc([N+](=O)[O-])c(Nc2cccc(C#N)c2)n1. The molecule has 0 bridgehead atoms. The lowest BCUT2D eigenvalue weighted by molar-refractivity contribution is -0.384. The van der Waals surface area contributed by atoms with Gasteiger partial charge in [0.15, 0.2) is 0 Å². The summed E-state index contributed by atoms with van der Waals surface area (Å²) in [5.74, 6) is 0.676. The van der Waals surface area contributed by atoms with Gasteiger partial charge in [-0.05, 0) is 31.2 Å². The minimum Gasteiger partial charge on any atom is -0.370 e. The Labute approximate surface area is 121 Å². The quantitative estimate of drug-likeness (QED) is 0.645. The minimum absolute atomic E-state index is 0.126. The van der Waals surface area contributed by atoms with Crippen LogP contribution < -0.4 is 10.6 Å². The van der Waals surface area contributed by atoms with Gasteiger partial charge in [0.1, 0.15) is 5.82 Å². The molecule has 106 valence electrons. The molecule has 2 aromatic rings. The van der Waals surface area contributed by atoms with E-state index in [9.17, 15) is 10.1 Å². The Morgan fingerprint density at radius 3 is 2.86 bits per heavy atom. The molecule has 0 aliphatic heterocycles. The first-order valence-electron chi connectivity index (χ1n) is 6.30. The van der Waals surface area contributed by atoms with Crippen molar-refractivity contribution in [3.05, 3.63) is 52.1 Å². The van der Waals surface area contributed by atoms with Gasteiger partial charge in [-0.15, -0.1) is 0 Å². The van der Waals surface area contributed by atoms with E-state index in [1.54, 1.807) is 30.3 Å². The molecule has 0 unspecified atom stereocenters. The highest BCUT2D eigenvalue weighted by Crippen LogP contribution is 2.27. The van der Waals surface area contributed by atoms with Gasteiger partial charge >= 0.3 is 5.69 Å². The number of anilines is 3. The summed E-state index contributed by atoms with van der Waals surface area (Å²) in [7, 11) is 0. The summed E-state index contributed by atoms with van der Waals surface area (Å²) in [6, 6.07) is 11.6. The predicted octanol–water partition coefficient (Wildman–Crippen LogP) is 3.04. The molecule has 0 aliphatic carbocycles. The van der Waals surface area contributed by atoms with Gasteiger partial charge in [-0.2, -0.15) is 5.26 Å². The number of nitro groups is 1. The molecule has 0 saturated carbocycles. The molecule has 0 aliphatic rings. The lowest BCUT2D eigenvalue weighted by Crippen LogP contribution is -2.04. The fraction of sp³-hybridized carbons (Fsp3) is 0.143. The molecule has 21 heavy (non-hydrogen) atoms. The van der Waals surface area contributed by atoms with Crippen molar-refractivity contribution in [2.75, 3.05) is 17.2 Å². The lowest BCUT2D eigenvalue weighted by Gasteiger charge is -2.09. The Balaban J connectivity index is 2.38. The van der Waals surface area contributed by atoms with E-state index < -0.39 is 4.92 Å². The van der Waals surface area contributed by atoms with E-state index in [0.29, 0.717) is 23.6 Å². The number of benzene rings is 1. The Bertz CT molecular complexity index is 709. The zero-order valence-corrected chi connectivity index (χ0v) is 11.3. The van der Waals surface area contributed by atoms with E-state index in [1.165, 1.54) is 6.07 Å². The summed E-state index contributed by atoms with van der Waals surface area (Å²) in [5.41, 5.74) is 0.905. The van der Waals surface area contributed by atoms with E-state index in [0.717, 1.165) is 0 Å². The van der Waals surface area contributed by atoms with Crippen LogP contribution in [0.4, 0.5) is 23.0 Å². The Kier molecular flexibility index (Phi) is 4.31. The van der Waals surface area contributed by atoms with Crippen LogP contribution in [0, 0.1) is 21.4 Å². The summed E-state index contributed by atoms with van der Waals surface area (Å²) in [6.07, 6.45) is 0. The average Bonchev–Trinajstić information content (AvgIpc) is 2.48. The smallest absolute Gasteiger partial charge is 0.311 e. The largest absolute Gasteiger partial charge is 0.370 e. The normalized spacial score (nSPS) is 9.71. The number of nitrogens with one attached hydrogen (secondary N) is 2. The number of rotatable bonds is 5. The summed E-state index contributed by atoms with van der Waals surface area (Å²) >= 11 is 0. The van der Waals surface area contributed by atoms with Crippen molar-refractivity contribution in [3.8, 4) is 6.07 Å². The highest BCUT2D eigenvalue weighted by Gasteiger charge is 2.16. The first-order valence-corrected chi connectivity index (χ1v) is 6.30. The first-order chi connectivity index (χ1) is 10.1. The fourth-order valence-electron chi connectivity index (χ4n) is 1.77. The van der Waals surface area contributed by atoms with Crippen LogP contribution >= 0.6 is 0 Å². The molecule has 1 aromatic heterocycles. The van der Waals surface area contributed by atoms with E-state index in [2.05, 4.69) is 15.6 Å². The van der Waals surface area contributed by atoms with Crippen LogP contribution in [0.5, 0.6) is 0 Å². The summed E-state index contributed by atoms with van der Waals surface area (Å²) in [6.45, 7) is 2.57. The van der Waals surface area contributed by atoms with Crippen LogP contribution in [0.1, 0.15) is 12.5 Å². The van der Waals surface area contributed by atoms with Crippen LogP contribution in [0.3, 0.4) is 0 Å². The van der Waals surface area contributed by atoms with Crippen molar-refractivity contribution in [3.63, 3.8) is 0 Å². The number of aromatic nitrogens is 1. The molecule has 0 amide bonds. The van der Waals surface area contributed by atoms with E-state index in [-0.39, 0.29) is 11.5 Å². The molecule has 2 rings (SSSR count). The number of nitriles is 1. The third-order valence-electron chi connectivity index (χ3n) is 2.68. The average molecular weight is 283 g/mol. The molecule has 7 nitrogen and oxygen atoms in total. The number of nitrogens with zero attached hydrogens (tertiary/aromatic N) is 3. The maximum absolute atomic E-state index is 11.1. The summed E-state index contributed by atoms with van der Waals surface area (Å²) in [5, 5.41) is 25.8. The van der Waals surface area contributed by atoms with Crippen molar-refractivity contribution in [2.45, 2.75) is 6.92 Å². The molecule has 0 atom stereocenters. The van der Waals surface area contributed by atoms with Crippen molar-refractivity contribution >= 4 is 23.0 Å². The molecular weight excluding hydrogens is 270 g/mol. The zero-order valence-electron chi connectivity index (χ0n) is 11.3. The highest BCUT2D eigenvalue weighted by atomic mass is 16.6. The zero-order chi connectivity index (χ0) is 15.2.